The number of halogens is 4. The summed E-state index contributed by atoms with van der Waals surface area (Å²) in [5, 5.41) is 2.30. The molecule has 1 unspecified atom stereocenters. The number of nitrogens with one attached hydrogen (secondary N) is 1. The monoisotopic (exact) mass is 343 g/mol. The van der Waals surface area contributed by atoms with Gasteiger partial charge < -0.3 is 5.32 Å². The van der Waals surface area contributed by atoms with Crippen molar-refractivity contribution >= 4 is 46.4 Å². The van der Waals surface area contributed by atoms with E-state index in [0.717, 1.165) is 5.56 Å². The maximum Gasteiger partial charge on any atom is 0.228 e. The molecule has 2 aromatic carbocycles. The van der Waals surface area contributed by atoms with Crippen LogP contribution >= 0.6 is 34.8 Å². The second-order valence-corrected chi connectivity index (χ2v) is 6.01. The molecule has 2 aromatic rings. The van der Waals surface area contributed by atoms with Gasteiger partial charge in [-0.3, -0.25) is 4.79 Å². The summed E-state index contributed by atoms with van der Waals surface area (Å²) < 4.78 is 14.1. The van der Waals surface area contributed by atoms with Crippen LogP contribution in [0, 0.1) is 5.82 Å². The highest BCUT2D eigenvalue weighted by atomic mass is 35.5. The van der Waals surface area contributed by atoms with Crippen LogP contribution in [0.1, 0.15) is 22.1 Å². The van der Waals surface area contributed by atoms with Crippen LogP contribution in [0.15, 0.2) is 30.3 Å². The minimum absolute atomic E-state index is 0.00674. The van der Waals surface area contributed by atoms with Crippen molar-refractivity contribution in [2.75, 3.05) is 5.32 Å². The van der Waals surface area contributed by atoms with Crippen LogP contribution in [0.4, 0.5) is 10.1 Å². The molecule has 0 aromatic heterocycles. The summed E-state index contributed by atoms with van der Waals surface area (Å²) in [7, 11) is 0. The van der Waals surface area contributed by atoms with E-state index in [4.69, 9.17) is 34.8 Å². The average molecular weight is 345 g/mol. The molecule has 2 nitrogen and oxygen atoms in total. The standard InChI is InChI=1S/C15H9Cl3FNO/c16-10-3-1-2-8(15(10)19)14(18)9-4-7-5-13(21)20-12(7)6-11(9)17/h1-4,6,14H,5H2,(H,20,21). The number of carbonyl (C=O) groups is 1. The molecule has 0 fully saturated rings. The summed E-state index contributed by atoms with van der Waals surface area (Å²) in [5.74, 6) is -0.664. The maximum atomic E-state index is 14.1. The van der Waals surface area contributed by atoms with Gasteiger partial charge >= 0.3 is 0 Å². The molecular formula is C15H9Cl3FNO. The lowest BCUT2D eigenvalue weighted by atomic mass is 10.0. The smallest absolute Gasteiger partial charge is 0.228 e. The summed E-state index contributed by atoms with van der Waals surface area (Å²) in [6.45, 7) is 0. The zero-order chi connectivity index (χ0) is 15.1. The van der Waals surface area contributed by atoms with Crippen LogP contribution in [0.25, 0.3) is 0 Å². The van der Waals surface area contributed by atoms with Gasteiger partial charge in [0.25, 0.3) is 0 Å². The van der Waals surface area contributed by atoms with Crippen molar-refractivity contribution in [3.05, 3.63) is 62.9 Å². The summed E-state index contributed by atoms with van der Waals surface area (Å²) in [4.78, 5) is 11.4. The van der Waals surface area contributed by atoms with E-state index in [0.29, 0.717) is 16.3 Å². The molecule has 1 aliphatic heterocycles. The summed E-state index contributed by atoms with van der Waals surface area (Å²) in [6.07, 6.45) is 0.265. The normalized spacial score (nSPS) is 14.8. The fraction of sp³-hybridized carbons (Fsp3) is 0.133. The van der Waals surface area contributed by atoms with E-state index >= 15 is 0 Å². The molecular weight excluding hydrogens is 336 g/mol. The van der Waals surface area contributed by atoms with Gasteiger partial charge in [0.05, 0.1) is 16.8 Å². The molecule has 0 saturated carbocycles. The minimum Gasteiger partial charge on any atom is -0.325 e. The van der Waals surface area contributed by atoms with Gasteiger partial charge in [-0.25, -0.2) is 4.39 Å². The first-order chi connectivity index (χ1) is 9.97. The Bertz CT molecular complexity index is 748. The predicted octanol–water partition coefficient (Wildman–Crippen LogP) is 4.96. The number of alkyl halides is 1. The van der Waals surface area contributed by atoms with E-state index < -0.39 is 11.2 Å². The van der Waals surface area contributed by atoms with Crippen LogP contribution in [0.5, 0.6) is 0 Å². The van der Waals surface area contributed by atoms with Gasteiger partial charge in [-0.1, -0.05) is 35.3 Å². The van der Waals surface area contributed by atoms with E-state index in [1.165, 1.54) is 6.07 Å². The third kappa shape index (κ3) is 2.61. The van der Waals surface area contributed by atoms with Crippen LogP contribution in [0.2, 0.25) is 10.0 Å². The summed E-state index contributed by atoms with van der Waals surface area (Å²) in [5.41, 5.74) is 2.27. The van der Waals surface area contributed by atoms with Crippen molar-refractivity contribution in [2.24, 2.45) is 0 Å². The van der Waals surface area contributed by atoms with Crippen molar-refractivity contribution in [3.63, 3.8) is 0 Å². The number of hydrogen-bond donors (Lipinski definition) is 1. The van der Waals surface area contributed by atoms with E-state index in [9.17, 15) is 9.18 Å². The second-order valence-electron chi connectivity index (χ2n) is 4.76. The highest BCUT2D eigenvalue weighted by molar-refractivity contribution is 6.34. The zero-order valence-corrected chi connectivity index (χ0v) is 12.9. The van der Waals surface area contributed by atoms with Crippen LogP contribution in [-0.2, 0) is 11.2 Å². The number of rotatable bonds is 2. The Balaban J connectivity index is 2.06. The molecule has 3 rings (SSSR count). The van der Waals surface area contributed by atoms with E-state index in [1.807, 2.05) is 0 Å². The molecule has 21 heavy (non-hydrogen) atoms. The molecule has 1 aliphatic rings. The Kier molecular flexibility index (Phi) is 3.82. The van der Waals surface area contributed by atoms with E-state index in [2.05, 4.69) is 5.32 Å². The number of anilines is 1. The average Bonchev–Trinajstić information content (AvgIpc) is 2.79. The molecule has 1 N–H and O–H groups in total. The molecule has 1 atom stereocenters. The molecule has 0 radical (unpaired) electrons. The lowest BCUT2D eigenvalue weighted by molar-refractivity contribution is -0.115. The van der Waals surface area contributed by atoms with Gasteiger partial charge in [-0.2, -0.15) is 0 Å². The predicted molar refractivity (Wildman–Crippen MR) is 82.9 cm³/mol. The Morgan fingerprint density at radius 2 is 1.90 bits per heavy atom. The molecule has 0 aliphatic carbocycles. The first kappa shape index (κ1) is 14.6. The van der Waals surface area contributed by atoms with Gasteiger partial charge in [-0.15, -0.1) is 11.6 Å². The summed E-state index contributed by atoms with van der Waals surface area (Å²) in [6, 6.07) is 8.01. The molecule has 108 valence electrons. The fourth-order valence-electron chi connectivity index (χ4n) is 2.35. The number of benzene rings is 2. The van der Waals surface area contributed by atoms with Crippen LogP contribution in [-0.4, -0.2) is 5.91 Å². The lowest BCUT2D eigenvalue weighted by Crippen LogP contribution is -2.03. The van der Waals surface area contributed by atoms with Crippen LogP contribution < -0.4 is 5.32 Å². The molecule has 1 heterocycles. The second kappa shape index (κ2) is 5.48. The topological polar surface area (TPSA) is 29.1 Å². The van der Waals surface area contributed by atoms with Gasteiger partial charge in [0, 0.05) is 16.3 Å². The fourth-order valence-corrected chi connectivity index (χ4v) is 3.20. The zero-order valence-electron chi connectivity index (χ0n) is 10.6. The molecule has 6 heteroatoms. The largest absolute Gasteiger partial charge is 0.325 e. The summed E-state index contributed by atoms with van der Waals surface area (Å²) >= 11 is 18.3. The van der Waals surface area contributed by atoms with Crippen molar-refractivity contribution in [2.45, 2.75) is 11.8 Å². The SMILES string of the molecule is O=C1Cc2cc(C(Cl)c3cccc(Cl)c3F)c(Cl)cc2N1. The van der Waals surface area contributed by atoms with Crippen molar-refractivity contribution < 1.29 is 9.18 Å². The number of hydrogen-bond acceptors (Lipinski definition) is 1. The van der Waals surface area contributed by atoms with Crippen LogP contribution in [0.3, 0.4) is 0 Å². The van der Waals surface area contributed by atoms with Gasteiger partial charge in [-0.05, 0) is 29.3 Å². The van der Waals surface area contributed by atoms with Gasteiger partial charge in [0.15, 0.2) is 0 Å². The highest BCUT2D eigenvalue weighted by Gasteiger charge is 2.24. The Labute approximate surface area is 135 Å². The Hall–Kier alpha value is -1.29. The third-order valence-electron chi connectivity index (χ3n) is 3.38. The quantitative estimate of drug-likeness (QED) is 0.767. The third-order valence-corrected chi connectivity index (χ3v) is 4.46. The maximum absolute atomic E-state index is 14.1. The Morgan fingerprint density at radius 1 is 1.14 bits per heavy atom. The molecule has 0 bridgehead atoms. The van der Waals surface area contributed by atoms with Crippen molar-refractivity contribution in [1.82, 2.24) is 0 Å². The number of carbonyl (C=O) groups excluding carboxylic acids is 1. The van der Waals surface area contributed by atoms with Gasteiger partial charge in [0.1, 0.15) is 5.82 Å². The lowest BCUT2D eigenvalue weighted by Gasteiger charge is -2.15. The van der Waals surface area contributed by atoms with Crippen molar-refractivity contribution in [1.29, 1.82) is 0 Å². The van der Waals surface area contributed by atoms with E-state index in [-0.39, 0.29) is 22.9 Å². The number of amides is 1. The molecule has 1 amide bonds. The Morgan fingerprint density at radius 3 is 2.67 bits per heavy atom. The van der Waals surface area contributed by atoms with Crippen molar-refractivity contribution in [3.8, 4) is 0 Å². The highest BCUT2D eigenvalue weighted by Crippen LogP contribution is 2.39. The molecule has 0 saturated heterocycles. The molecule has 0 spiro atoms. The minimum atomic E-state index is -0.780. The first-order valence-corrected chi connectivity index (χ1v) is 7.36. The van der Waals surface area contributed by atoms with Gasteiger partial charge in [0.2, 0.25) is 5.91 Å². The number of fused-ring (bicyclic) bond motifs is 1. The van der Waals surface area contributed by atoms with E-state index in [1.54, 1.807) is 24.3 Å². The first-order valence-electron chi connectivity index (χ1n) is 6.17.